The molecular formula is C14H29O2. The molecule has 0 aliphatic rings. The summed E-state index contributed by atoms with van der Waals surface area (Å²) in [7, 11) is 0. The molecule has 1 N–H and O–H groups in total. The first-order chi connectivity index (χ1) is 7.77. The highest BCUT2D eigenvalue weighted by Gasteiger charge is 1.96. The predicted octanol–water partition coefficient (Wildman–Crippen LogP) is 4.81. The van der Waals surface area contributed by atoms with Crippen LogP contribution in [0.4, 0.5) is 0 Å². The van der Waals surface area contributed by atoms with E-state index < -0.39 is 0 Å². The highest BCUT2D eigenvalue weighted by Crippen LogP contribution is 2.10. The number of unbranched alkanes of at least 4 members (excludes halogenated alkanes) is 9. The van der Waals surface area contributed by atoms with Crippen LogP contribution in [0.5, 0.6) is 0 Å². The van der Waals surface area contributed by atoms with Crippen molar-refractivity contribution in [1.29, 1.82) is 0 Å². The van der Waals surface area contributed by atoms with Crippen LogP contribution in [0.25, 0.3) is 0 Å². The van der Waals surface area contributed by atoms with Crippen molar-refractivity contribution in [2.45, 2.75) is 78.1 Å². The second-order valence-corrected chi connectivity index (χ2v) is 4.55. The Morgan fingerprint density at radius 3 is 1.69 bits per heavy atom. The molecule has 97 valence electrons. The minimum absolute atomic E-state index is 0.0934. The van der Waals surface area contributed by atoms with Crippen LogP contribution in [-0.2, 0) is 4.74 Å². The number of hydrogen-bond donors (Lipinski definition) is 1. The zero-order valence-corrected chi connectivity index (χ0v) is 11.1. The van der Waals surface area contributed by atoms with Gasteiger partial charge >= 0.3 is 0 Å². The molecule has 2 nitrogen and oxygen atoms in total. The molecule has 0 atom stereocenters. The molecule has 0 saturated heterocycles. The van der Waals surface area contributed by atoms with E-state index in [0.29, 0.717) is 6.61 Å². The molecule has 0 aliphatic heterocycles. The van der Waals surface area contributed by atoms with Gasteiger partial charge in [-0.05, 0) is 13.3 Å². The Bertz CT molecular complexity index is 124. The minimum Gasteiger partial charge on any atom is -0.362 e. The summed E-state index contributed by atoms with van der Waals surface area (Å²) >= 11 is 0. The Morgan fingerprint density at radius 1 is 0.812 bits per heavy atom. The van der Waals surface area contributed by atoms with E-state index in [2.05, 4.69) is 6.92 Å². The van der Waals surface area contributed by atoms with Crippen LogP contribution in [0.15, 0.2) is 0 Å². The lowest BCUT2D eigenvalue weighted by Gasteiger charge is -2.04. The first-order valence-electron chi connectivity index (χ1n) is 6.92. The van der Waals surface area contributed by atoms with Gasteiger partial charge in [0.15, 0.2) is 0 Å². The second kappa shape index (κ2) is 13.0. The summed E-state index contributed by atoms with van der Waals surface area (Å²) in [5.74, 6) is 0. The van der Waals surface area contributed by atoms with Crippen LogP contribution >= 0.6 is 0 Å². The van der Waals surface area contributed by atoms with Crippen LogP contribution in [0.2, 0.25) is 0 Å². The lowest BCUT2D eigenvalue weighted by atomic mass is 10.1. The summed E-state index contributed by atoms with van der Waals surface area (Å²) in [5, 5.41) is 8.79. The van der Waals surface area contributed by atoms with Gasteiger partial charge < -0.3 is 9.84 Å². The third-order valence-corrected chi connectivity index (χ3v) is 2.81. The number of hydrogen-bond acceptors (Lipinski definition) is 2. The molecule has 0 aliphatic carbocycles. The van der Waals surface area contributed by atoms with Crippen molar-refractivity contribution in [3.8, 4) is 0 Å². The van der Waals surface area contributed by atoms with Crippen molar-refractivity contribution in [3.05, 3.63) is 6.29 Å². The normalized spacial score (nSPS) is 11.2. The molecule has 0 saturated carbocycles. The third-order valence-electron chi connectivity index (χ3n) is 2.81. The highest BCUT2D eigenvalue weighted by atomic mass is 16.6. The molecule has 0 spiro atoms. The topological polar surface area (TPSA) is 29.5 Å². The first kappa shape index (κ1) is 15.9. The van der Waals surface area contributed by atoms with Crippen LogP contribution < -0.4 is 0 Å². The minimum atomic E-state index is 0.0934. The van der Waals surface area contributed by atoms with Crippen molar-refractivity contribution in [2.24, 2.45) is 0 Å². The summed E-state index contributed by atoms with van der Waals surface area (Å²) in [6, 6.07) is 0. The number of ether oxygens (including phenoxy) is 1. The van der Waals surface area contributed by atoms with Gasteiger partial charge in [0.2, 0.25) is 6.29 Å². The molecule has 16 heavy (non-hydrogen) atoms. The summed E-state index contributed by atoms with van der Waals surface area (Å²) < 4.78 is 4.99. The van der Waals surface area contributed by atoms with Gasteiger partial charge in [-0.1, -0.05) is 64.7 Å². The average Bonchev–Trinajstić information content (AvgIpc) is 2.25. The van der Waals surface area contributed by atoms with Crippen molar-refractivity contribution in [2.75, 3.05) is 6.61 Å². The first-order valence-corrected chi connectivity index (χ1v) is 6.92. The number of aliphatic hydroxyl groups excluding tert-OH is 1. The molecule has 0 aromatic rings. The van der Waals surface area contributed by atoms with Gasteiger partial charge in [0.05, 0.1) is 6.61 Å². The smallest absolute Gasteiger partial charge is 0.217 e. The summed E-state index contributed by atoms with van der Waals surface area (Å²) in [5.41, 5.74) is 0. The number of aliphatic hydroxyl groups is 1. The fraction of sp³-hybridized carbons (Fsp3) is 0.929. The van der Waals surface area contributed by atoms with E-state index in [0.717, 1.165) is 6.42 Å². The second-order valence-electron chi connectivity index (χ2n) is 4.55. The van der Waals surface area contributed by atoms with E-state index >= 15 is 0 Å². The van der Waals surface area contributed by atoms with Crippen molar-refractivity contribution >= 4 is 0 Å². The summed E-state index contributed by atoms with van der Waals surface area (Å²) in [6.45, 7) is 4.50. The standard InChI is InChI=1S/C14H29O2/c1-3-4-5-6-7-8-9-10-11-12-13-16-14(2)15/h15H,3-13H2,1-2H3. The van der Waals surface area contributed by atoms with E-state index in [4.69, 9.17) is 9.84 Å². The van der Waals surface area contributed by atoms with Crippen molar-refractivity contribution in [1.82, 2.24) is 0 Å². The van der Waals surface area contributed by atoms with Crippen molar-refractivity contribution < 1.29 is 9.84 Å². The van der Waals surface area contributed by atoms with Gasteiger partial charge in [0.1, 0.15) is 0 Å². The Morgan fingerprint density at radius 2 is 1.25 bits per heavy atom. The van der Waals surface area contributed by atoms with Crippen LogP contribution in [-0.4, -0.2) is 11.7 Å². The molecule has 0 rings (SSSR count). The molecule has 2 heteroatoms. The maximum absolute atomic E-state index is 8.79. The molecule has 0 aromatic heterocycles. The van der Waals surface area contributed by atoms with Crippen molar-refractivity contribution in [3.63, 3.8) is 0 Å². The maximum atomic E-state index is 8.79. The zero-order chi connectivity index (χ0) is 12.1. The molecule has 1 radical (unpaired) electrons. The van der Waals surface area contributed by atoms with Gasteiger partial charge in [-0.3, -0.25) is 0 Å². The maximum Gasteiger partial charge on any atom is 0.217 e. The Hall–Kier alpha value is -0.0800. The Kier molecular flexibility index (Phi) is 12.9. The number of rotatable bonds is 12. The van der Waals surface area contributed by atoms with Gasteiger partial charge in [0, 0.05) is 0 Å². The molecule has 0 heterocycles. The summed E-state index contributed by atoms with van der Waals surface area (Å²) in [6.07, 6.45) is 13.4. The summed E-state index contributed by atoms with van der Waals surface area (Å²) in [4.78, 5) is 0. The molecule has 0 aromatic carbocycles. The van der Waals surface area contributed by atoms with Gasteiger partial charge in [-0.2, -0.15) is 0 Å². The van der Waals surface area contributed by atoms with Gasteiger partial charge in [-0.15, -0.1) is 0 Å². The fourth-order valence-corrected chi connectivity index (χ4v) is 1.81. The van der Waals surface area contributed by atoms with Gasteiger partial charge in [-0.25, -0.2) is 0 Å². The van der Waals surface area contributed by atoms with E-state index in [9.17, 15) is 0 Å². The molecule has 0 bridgehead atoms. The monoisotopic (exact) mass is 229 g/mol. The average molecular weight is 229 g/mol. The van der Waals surface area contributed by atoms with Crippen LogP contribution in [0, 0.1) is 6.29 Å². The highest BCUT2D eigenvalue weighted by molar-refractivity contribution is 4.50. The Balaban J connectivity index is 2.88. The molecular weight excluding hydrogens is 200 g/mol. The fourth-order valence-electron chi connectivity index (χ4n) is 1.81. The zero-order valence-electron chi connectivity index (χ0n) is 11.1. The van der Waals surface area contributed by atoms with Gasteiger partial charge in [0.25, 0.3) is 0 Å². The van der Waals surface area contributed by atoms with Crippen LogP contribution in [0.1, 0.15) is 78.1 Å². The Labute approximate surface area is 101 Å². The lowest BCUT2D eigenvalue weighted by molar-refractivity contribution is 0.0132. The third kappa shape index (κ3) is 13.9. The largest absolute Gasteiger partial charge is 0.362 e. The molecule has 0 unspecified atom stereocenters. The van der Waals surface area contributed by atoms with E-state index in [1.54, 1.807) is 6.92 Å². The molecule has 0 fully saturated rings. The van der Waals surface area contributed by atoms with Crippen LogP contribution in [0.3, 0.4) is 0 Å². The SMILES string of the molecule is CCCCCCCCCCCCO[C](C)O. The lowest BCUT2D eigenvalue weighted by Crippen LogP contribution is -1.98. The molecule has 0 amide bonds. The van der Waals surface area contributed by atoms with E-state index in [-0.39, 0.29) is 6.29 Å². The predicted molar refractivity (Wildman–Crippen MR) is 68.6 cm³/mol. The quantitative estimate of drug-likeness (QED) is 0.487. The van der Waals surface area contributed by atoms with E-state index in [1.165, 1.54) is 57.8 Å². The van der Waals surface area contributed by atoms with E-state index in [1.807, 2.05) is 0 Å².